The Morgan fingerprint density at radius 2 is 2.25 bits per heavy atom. The van der Waals surface area contributed by atoms with E-state index in [0.717, 1.165) is 6.42 Å². The molecule has 1 saturated heterocycles. The maximum atomic E-state index is 9.82. The van der Waals surface area contributed by atoms with Crippen LogP contribution in [0.1, 0.15) is 6.42 Å². The van der Waals surface area contributed by atoms with Crippen molar-refractivity contribution < 1.29 is 19.7 Å². The molecule has 0 spiro atoms. The van der Waals surface area contributed by atoms with Crippen molar-refractivity contribution in [3.63, 3.8) is 0 Å². The molecule has 16 heavy (non-hydrogen) atoms. The first-order chi connectivity index (χ1) is 7.72. The van der Waals surface area contributed by atoms with Crippen molar-refractivity contribution in [2.75, 3.05) is 6.61 Å². The maximum absolute atomic E-state index is 9.82. The topological polar surface area (TPSA) is 58.9 Å². The molecule has 0 saturated carbocycles. The number of hydrogen-bond donors (Lipinski definition) is 2. The zero-order chi connectivity index (χ0) is 11.5. The second kappa shape index (κ2) is 5.14. The lowest BCUT2D eigenvalue weighted by Crippen LogP contribution is -2.38. The Morgan fingerprint density at radius 1 is 1.44 bits per heavy atom. The second-order valence-electron chi connectivity index (χ2n) is 4.00. The molecule has 1 aliphatic carbocycles. The number of aliphatic hydroxyl groups excluding tert-OH is 2. The fourth-order valence-electron chi connectivity index (χ4n) is 1.94. The summed E-state index contributed by atoms with van der Waals surface area (Å²) in [5.41, 5.74) is 0. The van der Waals surface area contributed by atoms with Gasteiger partial charge in [0.05, 0.1) is 12.7 Å². The van der Waals surface area contributed by atoms with Gasteiger partial charge in [0.2, 0.25) is 0 Å². The lowest BCUT2D eigenvalue weighted by molar-refractivity contribution is -0.0494. The van der Waals surface area contributed by atoms with Gasteiger partial charge in [-0.3, -0.25) is 0 Å². The van der Waals surface area contributed by atoms with Gasteiger partial charge >= 0.3 is 0 Å². The number of rotatable bonds is 3. The van der Waals surface area contributed by atoms with Gasteiger partial charge in [-0.2, -0.15) is 0 Å². The Hall–Kier alpha value is -0.615. The van der Waals surface area contributed by atoms with Crippen molar-refractivity contribution >= 4 is 7.85 Å². The van der Waals surface area contributed by atoms with Gasteiger partial charge in [-0.1, -0.05) is 24.3 Å². The van der Waals surface area contributed by atoms with E-state index in [0.29, 0.717) is 0 Å². The van der Waals surface area contributed by atoms with Crippen LogP contribution in [0.15, 0.2) is 24.3 Å². The summed E-state index contributed by atoms with van der Waals surface area (Å²) in [4.78, 5) is 0. The molecule has 0 bridgehead atoms. The van der Waals surface area contributed by atoms with E-state index in [4.69, 9.17) is 22.4 Å². The summed E-state index contributed by atoms with van der Waals surface area (Å²) in [6, 6.07) is -0.688. The molecule has 4 nitrogen and oxygen atoms in total. The van der Waals surface area contributed by atoms with Crippen molar-refractivity contribution in [1.82, 2.24) is 0 Å². The van der Waals surface area contributed by atoms with Gasteiger partial charge in [-0.15, -0.1) is 0 Å². The van der Waals surface area contributed by atoms with Crippen molar-refractivity contribution in [1.29, 1.82) is 0 Å². The lowest BCUT2D eigenvalue weighted by atomic mass is 9.92. The number of allylic oxidation sites excluding steroid dienone is 2. The smallest absolute Gasteiger partial charge is 0.112 e. The minimum absolute atomic E-state index is 0.0863. The molecule has 0 amide bonds. The van der Waals surface area contributed by atoms with E-state index in [-0.39, 0.29) is 12.7 Å². The van der Waals surface area contributed by atoms with Gasteiger partial charge in [-0.05, 0) is 6.42 Å². The average molecular weight is 222 g/mol. The van der Waals surface area contributed by atoms with Crippen molar-refractivity contribution in [2.45, 2.75) is 36.8 Å². The van der Waals surface area contributed by atoms with Gasteiger partial charge < -0.3 is 19.7 Å². The first-order valence-electron chi connectivity index (χ1n) is 5.41. The Balaban J connectivity index is 1.93. The lowest BCUT2D eigenvalue weighted by Gasteiger charge is -2.24. The molecule has 2 radical (unpaired) electrons. The van der Waals surface area contributed by atoms with Crippen LogP contribution >= 0.6 is 0 Å². The summed E-state index contributed by atoms with van der Waals surface area (Å²) in [5, 5.41) is 18.8. The zero-order valence-electron chi connectivity index (χ0n) is 8.90. The van der Waals surface area contributed by atoms with Crippen LogP contribution in [0.5, 0.6) is 0 Å². The van der Waals surface area contributed by atoms with Gasteiger partial charge in [0.1, 0.15) is 26.2 Å². The highest BCUT2D eigenvalue weighted by Gasteiger charge is 2.42. The molecule has 86 valence electrons. The van der Waals surface area contributed by atoms with Crippen LogP contribution in [0.4, 0.5) is 0 Å². The average Bonchev–Trinajstić information content (AvgIpc) is 2.58. The molecule has 1 fully saturated rings. The predicted molar refractivity (Wildman–Crippen MR) is 59.1 cm³/mol. The van der Waals surface area contributed by atoms with E-state index >= 15 is 0 Å². The molecule has 1 unspecified atom stereocenters. The first-order valence-corrected chi connectivity index (χ1v) is 5.41. The minimum Gasteiger partial charge on any atom is -0.394 e. The molecule has 5 atom stereocenters. The fourth-order valence-corrected chi connectivity index (χ4v) is 1.94. The van der Waals surface area contributed by atoms with Crippen LogP contribution in [0, 0.1) is 0 Å². The monoisotopic (exact) mass is 222 g/mol. The van der Waals surface area contributed by atoms with Crippen LogP contribution < -0.4 is 0 Å². The standard InChI is InChI=1S/C11H15BO4/c12-11-10(9(14)8(6-13)16-11)15-7-4-2-1-3-5-7/h1-4,7-11,13-14H,5-6H2/t7?,8-,9-,10-,11-/m1/s1. The number of hydrogen-bond acceptors (Lipinski definition) is 4. The highest BCUT2D eigenvalue weighted by Crippen LogP contribution is 2.24. The summed E-state index contributed by atoms with van der Waals surface area (Å²) in [7, 11) is 5.69. The van der Waals surface area contributed by atoms with Crippen LogP contribution in [-0.4, -0.2) is 55.1 Å². The van der Waals surface area contributed by atoms with E-state index < -0.39 is 24.3 Å². The van der Waals surface area contributed by atoms with Crippen LogP contribution in [0.2, 0.25) is 0 Å². The van der Waals surface area contributed by atoms with E-state index in [9.17, 15) is 5.11 Å². The fraction of sp³-hybridized carbons (Fsp3) is 0.636. The molecule has 2 N–H and O–H groups in total. The molecule has 2 rings (SSSR count). The molecule has 5 heteroatoms. The highest BCUT2D eigenvalue weighted by atomic mass is 16.6. The number of ether oxygens (including phenoxy) is 2. The van der Waals surface area contributed by atoms with Gasteiger partial charge in [0, 0.05) is 6.00 Å². The molecule has 0 aromatic heterocycles. The zero-order valence-corrected chi connectivity index (χ0v) is 8.90. The SMILES string of the molecule is [B][C@@H]1O[C@H](CO)[C@@H](O)[C@H]1OC1C=CC=CC1. The third-order valence-corrected chi connectivity index (χ3v) is 2.83. The summed E-state index contributed by atoms with van der Waals surface area (Å²) >= 11 is 0. The van der Waals surface area contributed by atoms with Crippen LogP contribution in [-0.2, 0) is 9.47 Å². The Bertz CT molecular complexity index is 292. The maximum Gasteiger partial charge on any atom is 0.112 e. The normalized spacial score (nSPS) is 42.8. The summed E-state index contributed by atoms with van der Waals surface area (Å²) in [6.07, 6.45) is 6.30. The molecule has 1 aliphatic heterocycles. The Morgan fingerprint density at radius 3 is 2.81 bits per heavy atom. The molecular formula is C11H15BO4. The molecule has 0 aromatic rings. The summed E-state index contributed by atoms with van der Waals surface area (Å²) < 4.78 is 10.8. The first kappa shape index (κ1) is 11.9. The molecular weight excluding hydrogens is 207 g/mol. The van der Waals surface area contributed by atoms with Gasteiger partial charge in [0.25, 0.3) is 0 Å². The van der Waals surface area contributed by atoms with Crippen LogP contribution in [0.3, 0.4) is 0 Å². The summed E-state index contributed by atoms with van der Waals surface area (Å²) in [6.45, 7) is -0.255. The Kier molecular flexibility index (Phi) is 3.81. The molecule has 0 aromatic carbocycles. The third kappa shape index (κ3) is 2.38. The van der Waals surface area contributed by atoms with Gasteiger partial charge in [-0.25, -0.2) is 0 Å². The Labute approximate surface area is 96.0 Å². The summed E-state index contributed by atoms with van der Waals surface area (Å²) in [5.74, 6) is 0. The highest BCUT2D eigenvalue weighted by molar-refractivity contribution is 6.11. The van der Waals surface area contributed by atoms with E-state index in [1.807, 2.05) is 24.3 Å². The van der Waals surface area contributed by atoms with E-state index in [1.165, 1.54) is 0 Å². The predicted octanol–water partition coefficient (Wildman–Crippen LogP) is -0.497. The molecule has 2 aliphatic rings. The largest absolute Gasteiger partial charge is 0.394 e. The van der Waals surface area contributed by atoms with Crippen molar-refractivity contribution in [3.05, 3.63) is 24.3 Å². The quantitative estimate of drug-likeness (QED) is 0.632. The number of aliphatic hydroxyl groups is 2. The van der Waals surface area contributed by atoms with E-state index in [1.54, 1.807) is 0 Å². The van der Waals surface area contributed by atoms with Crippen molar-refractivity contribution in [3.8, 4) is 0 Å². The molecule has 1 heterocycles. The second-order valence-corrected chi connectivity index (χ2v) is 4.00. The van der Waals surface area contributed by atoms with Crippen molar-refractivity contribution in [2.24, 2.45) is 0 Å². The van der Waals surface area contributed by atoms with Crippen LogP contribution in [0.25, 0.3) is 0 Å². The van der Waals surface area contributed by atoms with E-state index in [2.05, 4.69) is 0 Å². The van der Waals surface area contributed by atoms with Gasteiger partial charge in [0.15, 0.2) is 0 Å². The third-order valence-electron chi connectivity index (χ3n) is 2.83. The minimum atomic E-state index is -0.876.